The van der Waals surface area contributed by atoms with Crippen LogP contribution in [0.2, 0.25) is 0 Å². The quantitative estimate of drug-likeness (QED) is 0.793. The van der Waals surface area contributed by atoms with Crippen LogP contribution in [0.25, 0.3) is 5.69 Å². The molecular formula is C18H24BrClN4O. The van der Waals surface area contributed by atoms with E-state index in [1.807, 2.05) is 40.8 Å². The van der Waals surface area contributed by atoms with Gasteiger partial charge in [0.05, 0.1) is 23.1 Å². The van der Waals surface area contributed by atoms with Crippen LogP contribution in [0.1, 0.15) is 35.8 Å². The first-order valence-electron chi connectivity index (χ1n) is 8.44. The van der Waals surface area contributed by atoms with Crippen molar-refractivity contribution in [1.82, 2.24) is 20.0 Å². The Morgan fingerprint density at radius 1 is 1.40 bits per heavy atom. The number of halogens is 2. The Bertz CT molecular complexity index is 710. The Kier molecular flexibility index (Phi) is 7.04. The van der Waals surface area contributed by atoms with E-state index >= 15 is 0 Å². The molecule has 3 rings (SSSR count). The maximum absolute atomic E-state index is 13.1. The van der Waals surface area contributed by atoms with Gasteiger partial charge in [-0.1, -0.05) is 22.9 Å². The number of hydrogen-bond donors (Lipinski definition) is 1. The van der Waals surface area contributed by atoms with Crippen molar-refractivity contribution in [3.05, 3.63) is 46.2 Å². The summed E-state index contributed by atoms with van der Waals surface area (Å²) in [5, 5.41) is 7.79. The first-order chi connectivity index (χ1) is 11.6. The van der Waals surface area contributed by atoms with Crippen LogP contribution in [0, 0.1) is 6.92 Å². The topological polar surface area (TPSA) is 50.2 Å². The van der Waals surface area contributed by atoms with E-state index in [-0.39, 0.29) is 24.4 Å². The lowest BCUT2D eigenvalue weighted by molar-refractivity contribution is 0.0691. The van der Waals surface area contributed by atoms with Crippen molar-refractivity contribution < 1.29 is 4.79 Å². The number of nitrogens with one attached hydrogen (secondary N) is 1. The van der Waals surface area contributed by atoms with Gasteiger partial charge in [-0.15, -0.1) is 12.4 Å². The third-order valence-electron chi connectivity index (χ3n) is 4.51. The Morgan fingerprint density at radius 3 is 2.72 bits per heavy atom. The van der Waals surface area contributed by atoms with Crippen molar-refractivity contribution in [2.45, 2.75) is 32.7 Å². The van der Waals surface area contributed by atoms with Gasteiger partial charge < -0.3 is 10.2 Å². The molecule has 1 aromatic heterocycles. The Labute approximate surface area is 163 Å². The highest BCUT2D eigenvalue weighted by Crippen LogP contribution is 2.20. The van der Waals surface area contributed by atoms with Gasteiger partial charge in [0.15, 0.2) is 0 Å². The number of carbonyl (C=O) groups excluding carboxylic acids is 1. The standard InChI is InChI=1S/C18H23BrN4O.ClH/c1-3-10-22(16-8-9-20-11-16)18(24)17-12-21-23(13(17)2)15-6-4-14(19)5-7-15;/h4-7,12,16,20H,3,8-11H2,1-2H3;1H. The summed E-state index contributed by atoms with van der Waals surface area (Å²) in [6, 6.07) is 8.22. The second kappa shape index (κ2) is 8.83. The molecule has 1 amide bonds. The normalized spacial score (nSPS) is 16.5. The number of aromatic nitrogens is 2. The monoisotopic (exact) mass is 426 g/mol. The smallest absolute Gasteiger partial charge is 0.257 e. The van der Waals surface area contributed by atoms with E-state index < -0.39 is 0 Å². The molecule has 0 saturated carbocycles. The van der Waals surface area contributed by atoms with Gasteiger partial charge in [0.2, 0.25) is 0 Å². The number of nitrogens with zero attached hydrogens (tertiary/aromatic N) is 3. The van der Waals surface area contributed by atoms with Crippen molar-refractivity contribution in [3.8, 4) is 5.69 Å². The summed E-state index contributed by atoms with van der Waals surface area (Å²) in [7, 11) is 0. The van der Waals surface area contributed by atoms with E-state index in [2.05, 4.69) is 33.3 Å². The lowest BCUT2D eigenvalue weighted by atomic mass is 10.1. The minimum atomic E-state index is 0. The number of carbonyl (C=O) groups is 1. The average molecular weight is 428 g/mol. The van der Waals surface area contributed by atoms with Crippen LogP contribution in [-0.2, 0) is 0 Å². The van der Waals surface area contributed by atoms with Crippen molar-refractivity contribution in [2.75, 3.05) is 19.6 Å². The molecule has 136 valence electrons. The van der Waals surface area contributed by atoms with E-state index in [0.717, 1.165) is 48.3 Å². The molecule has 25 heavy (non-hydrogen) atoms. The molecule has 1 fully saturated rings. The van der Waals surface area contributed by atoms with Crippen LogP contribution >= 0.6 is 28.3 Å². The summed E-state index contributed by atoms with van der Waals surface area (Å²) in [6.45, 7) is 6.72. The molecule has 2 aromatic rings. The zero-order valence-corrected chi connectivity index (χ0v) is 16.9. The fourth-order valence-electron chi connectivity index (χ4n) is 3.21. The van der Waals surface area contributed by atoms with Gasteiger partial charge in [-0.3, -0.25) is 4.79 Å². The van der Waals surface area contributed by atoms with E-state index in [1.165, 1.54) is 0 Å². The first kappa shape index (κ1) is 19.9. The predicted octanol–water partition coefficient (Wildman–Crippen LogP) is 3.58. The zero-order chi connectivity index (χ0) is 17.1. The molecule has 1 aromatic carbocycles. The fraction of sp³-hybridized carbons (Fsp3) is 0.444. The Morgan fingerprint density at radius 2 is 2.12 bits per heavy atom. The highest BCUT2D eigenvalue weighted by Gasteiger charge is 2.28. The molecule has 1 atom stereocenters. The fourth-order valence-corrected chi connectivity index (χ4v) is 3.48. The summed E-state index contributed by atoms with van der Waals surface area (Å²) in [6.07, 6.45) is 3.68. The van der Waals surface area contributed by atoms with Crippen molar-refractivity contribution in [2.24, 2.45) is 0 Å². The maximum atomic E-state index is 13.1. The zero-order valence-electron chi connectivity index (χ0n) is 14.5. The molecule has 1 aliphatic rings. The number of benzene rings is 1. The highest BCUT2D eigenvalue weighted by molar-refractivity contribution is 9.10. The SMILES string of the molecule is CCCN(C(=O)c1cnn(-c2ccc(Br)cc2)c1C)C1CCNC1.Cl. The van der Waals surface area contributed by atoms with Gasteiger partial charge in [0, 0.05) is 23.6 Å². The molecule has 2 heterocycles. The van der Waals surface area contributed by atoms with Gasteiger partial charge in [0.25, 0.3) is 5.91 Å². The van der Waals surface area contributed by atoms with Gasteiger partial charge in [-0.25, -0.2) is 4.68 Å². The molecule has 1 unspecified atom stereocenters. The summed E-state index contributed by atoms with van der Waals surface area (Å²) in [5.41, 5.74) is 2.53. The number of rotatable bonds is 5. The largest absolute Gasteiger partial charge is 0.334 e. The van der Waals surface area contributed by atoms with Crippen LogP contribution in [0.5, 0.6) is 0 Å². The summed E-state index contributed by atoms with van der Waals surface area (Å²) in [5.74, 6) is 0.0893. The molecule has 5 nitrogen and oxygen atoms in total. The van der Waals surface area contributed by atoms with E-state index in [0.29, 0.717) is 5.56 Å². The predicted molar refractivity (Wildman–Crippen MR) is 106 cm³/mol. The molecule has 0 aliphatic carbocycles. The minimum Gasteiger partial charge on any atom is -0.334 e. The third-order valence-corrected chi connectivity index (χ3v) is 5.04. The maximum Gasteiger partial charge on any atom is 0.257 e. The van der Waals surface area contributed by atoms with Crippen LogP contribution in [-0.4, -0.2) is 46.3 Å². The van der Waals surface area contributed by atoms with E-state index in [4.69, 9.17) is 0 Å². The second-order valence-electron chi connectivity index (χ2n) is 6.18. The van der Waals surface area contributed by atoms with Crippen molar-refractivity contribution >= 4 is 34.2 Å². The van der Waals surface area contributed by atoms with E-state index in [1.54, 1.807) is 6.20 Å². The van der Waals surface area contributed by atoms with Crippen LogP contribution in [0.4, 0.5) is 0 Å². The van der Waals surface area contributed by atoms with Gasteiger partial charge in [-0.2, -0.15) is 5.10 Å². The molecular weight excluding hydrogens is 404 g/mol. The molecule has 0 bridgehead atoms. The molecule has 1 N–H and O–H groups in total. The van der Waals surface area contributed by atoms with Crippen molar-refractivity contribution in [3.63, 3.8) is 0 Å². The minimum absolute atomic E-state index is 0. The molecule has 0 radical (unpaired) electrons. The number of amides is 1. The van der Waals surface area contributed by atoms with Crippen LogP contribution in [0.15, 0.2) is 34.9 Å². The van der Waals surface area contributed by atoms with Crippen molar-refractivity contribution in [1.29, 1.82) is 0 Å². The number of hydrogen-bond acceptors (Lipinski definition) is 3. The summed E-state index contributed by atoms with van der Waals surface area (Å²) < 4.78 is 2.85. The first-order valence-corrected chi connectivity index (χ1v) is 9.23. The average Bonchev–Trinajstić information content (AvgIpc) is 3.23. The Hall–Kier alpha value is -1.37. The van der Waals surface area contributed by atoms with Gasteiger partial charge in [0.1, 0.15) is 0 Å². The third kappa shape index (κ3) is 4.25. The van der Waals surface area contributed by atoms with Crippen LogP contribution < -0.4 is 5.32 Å². The van der Waals surface area contributed by atoms with Gasteiger partial charge in [-0.05, 0) is 50.6 Å². The molecule has 1 saturated heterocycles. The highest BCUT2D eigenvalue weighted by atomic mass is 79.9. The molecule has 1 aliphatic heterocycles. The molecule has 7 heteroatoms. The lowest BCUT2D eigenvalue weighted by Crippen LogP contribution is -2.42. The van der Waals surface area contributed by atoms with Crippen LogP contribution in [0.3, 0.4) is 0 Å². The Balaban J connectivity index is 0.00000225. The lowest BCUT2D eigenvalue weighted by Gasteiger charge is -2.28. The molecule has 0 spiro atoms. The summed E-state index contributed by atoms with van der Waals surface area (Å²) in [4.78, 5) is 15.1. The second-order valence-corrected chi connectivity index (χ2v) is 7.09. The van der Waals surface area contributed by atoms with E-state index in [9.17, 15) is 4.79 Å². The summed E-state index contributed by atoms with van der Waals surface area (Å²) >= 11 is 3.44. The van der Waals surface area contributed by atoms with Gasteiger partial charge >= 0.3 is 0 Å².